The van der Waals surface area contributed by atoms with Crippen LogP contribution in [-0.4, -0.2) is 22.1 Å². The Hall–Kier alpha value is -2.55. The molecule has 0 unspecified atom stereocenters. The van der Waals surface area contributed by atoms with Gasteiger partial charge in [0.1, 0.15) is 29.9 Å². The number of nitriles is 1. The molecule has 1 aromatic carbocycles. The molecule has 0 N–H and O–H groups in total. The summed E-state index contributed by atoms with van der Waals surface area (Å²) in [5.41, 5.74) is 0.999. The van der Waals surface area contributed by atoms with Crippen molar-refractivity contribution in [3.8, 4) is 17.6 Å². The summed E-state index contributed by atoms with van der Waals surface area (Å²) in [6.45, 7) is 3.01. The SMILES string of the molecule is CCCn1nnc(C#N)c1COc1cccc(OC)c1. The second kappa shape index (κ2) is 6.57. The lowest BCUT2D eigenvalue weighted by Gasteiger charge is -2.09. The second-order valence-corrected chi connectivity index (χ2v) is 4.19. The van der Waals surface area contributed by atoms with E-state index in [1.165, 1.54) is 0 Å². The number of ether oxygens (including phenoxy) is 2. The minimum atomic E-state index is 0.253. The van der Waals surface area contributed by atoms with E-state index in [4.69, 9.17) is 14.7 Å². The third-order valence-electron chi connectivity index (χ3n) is 2.80. The quantitative estimate of drug-likeness (QED) is 0.805. The Kier molecular flexibility index (Phi) is 4.56. The molecular weight excluding hydrogens is 256 g/mol. The molecular formula is C14H16N4O2. The maximum Gasteiger partial charge on any atom is 0.189 e. The van der Waals surface area contributed by atoms with Crippen molar-refractivity contribution in [3.63, 3.8) is 0 Å². The number of methoxy groups -OCH3 is 1. The summed E-state index contributed by atoms with van der Waals surface area (Å²) in [4.78, 5) is 0. The molecule has 0 aliphatic rings. The van der Waals surface area contributed by atoms with Crippen molar-refractivity contribution in [2.45, 2.75) is 26.5 Å². The minimum absolute atomic E-state index is 0.253. The fourth-order valence-electron chi connectivity index (χ4n) is 1.80. The van der Waals surface area contributed by atoms with Gasteiger partial charge < -0.3 is 9.47 Å². The Balaban J connectivity index is 2.13. The van der Waals surface area contributed by atoms with Gasteiger partial charge in [-0.15, -0.1) is 5.10 Å². The first-order valence-corrected chi connectivity index (χ1v) is 6.37. The molecule has 6 heteroatoms. The average Bonchev–Trinajstić information content (AvgIpc) is 2.88. The molecule has 0 aliphatic carbocycles. The molecule has 2 aromatic rings. The molecule has 6 nitrogen and oxygen atoms in total. The van der Waals surface area contributed by atoms with Gasteiger partial charge in [0.05, 0.1) is 7.11 Å². The van der Waals surface area contributed by atoms with E-state index in [1.807, 2.05) is 31.2 Å². The lowest BCUT2D eigenvalue weighted by Crippen LogP contribution is -2.08. The molecule has 1 aromatic heterocycles. The van der Waals surface area contributed by atoms with Crippen molar-refractivity contribution in [2.75, 3.05) is 7.11 Å². The summed E-state index contributed by atoms with van der Waals surface area (Å²) in [5.74, 6) is 1.40. The number of rotatable bonds is 6. The number of benzene rings is 1. The van der Waals surface area contributed by atoms with Gasteiger partial charge in [0.15, 0.2) is 5.69 Å². The van der Waals surface area contributed by atoms with Gasteiger partial charge in [-0.3, -0.25) is 0 Å². The zero-order valence-corrected chi connectivity index (χ0v) is 11.5. The highest BCUT2D eigenvalue weighted by atomic mass is 16.5. The van der Waals surface area contributed by atoms with Crippen LogP contribution in [-0.2, 0) is 13.2 Å². The van der Waals surface area contributed by atoms with Gasteiger partial charge >= 0.3 is 0 Å². The van der Waals surface area contributed by atoms with E-state index >= 15 is 0 Å². The summed E-state index contributed by atoms with van der Waals surface area (Å²) >= 11 is 0. The van der Waals surface area contributed by atoms with Crippen LogP contribution in [0.2, 0.25) is 0 Å². The maximum atomic E-state index is 9.04. The van der Waals surface area contributed by atoms with Gasteiger partial charge in [-0.25, -0.2) is 4.68 Å². The highest BCUT2D eigenvalue weighted by Gasteiger charge is 2.12. The van der Waals surface area contributed by atoms with Crippen LogP contribution >= 0.6 is 0 Å². The van der Waals surface area contributed by atoms with Crippen molar-refractivity contribution in [2.24, 2.45) is 0 Å². The molecule has 0 spiro atoms. The lowest BCUT2D eigenvalue weighted by atomic mass is 10.3. The van der Waals surface area contributed by atoms with E-state index in [1.54, 1.807) is 17.9 Å². The lowest BCUT2D eigenvalue weighted by molar-refractivity contribution is 0.289. The Morgan fingerprint density at radius 1 is 1.35 bits per heavy atom. The minimum Gasteiger partial charge on any atom is -0.497 e. The summed E-state index contributed by atoms with van der Waals surface area (Å²) < 4.78 is 12.5. The molecule has 0 fully saturated rings. The predicted molar refractivity (Wildman–Crippen MR) is 72.4 cm³/mol. The number of hydrogen-bond donors (Lipinski definition) is 0. The number of aromatic nitrogens is 3. The summed E-state index contributed by atoms with van der Waals surface area (Å²) in [5, 5.41) is 16.8. The van der Waals surface area contributed by atoms with E-state index in [2.05, 4.69) is 10.3 Å². The first-order chi connectivity index (χ1) is 9.78. The van der Waals surface area contributed by atoms with Crippen molar-refractivity contribution < 1.29 is 9.47 Å². The first kappa shape index (κ1) is 13.9. The van der Waals surface area contributed by atoms with Crippen LogP contribution in [0.3, 0.4) is 0 Å². The van der Waals surface area contributed by atoms with Crippen LogP contribution in [0.15, 0.2) is 24.3 Å². The van der Waals surface area contributed by atoms with Gasteiger partial charge in [0, 0.05) is 12.6 Å². The summed E-state index contributed by atoms with van der Waals surface area (Å²) in [6.07, 6.45) is 0.917. The van der Waals surface area contributed by atoms with Crippen LogP contribution in [0, 0.1) is 11.3 Å². The largest absolute Gasteiger partial charge is 0.497 e. The fraction of sp³-hybridized carbons (Fsp3) is 0.357. The Bertz CT molecular complexity index is 616. The third kappa shape index (κ3) is 3.06. The number of aryl methyl sites for hydroxylation is 1. The second-order valence-electron chi connectivity index (χ2n) is 4.19. The molecule has 0 bridgehead atoms. The molecule has 0 saturated heterocycles. The monoisotopic (exact) mass is 272 g/mol. The predicted octanol–water partition coefficient (Wildman–Crippen LogP) is 2.15. The molecule has 104 valence electrons. The molecule has 0 radical (unpaired) electrons. The topological polar surface area (TPSA) is 73.0 Å². The standard InChI is InChI=1S/C14H16N4O2/c1-3-7-18-14(13(9-15)16-17-18)10-20-12-6-4-5-11(8-12)19-2/h4-6,8H,3,7,10H2,1-2H3. The first-order valence-electron chi connectivity index (χ1n) is 6.37. The Morgan fingerprint density at radius 3 is 2.85 bits per heavy atom. The maximum absolute atomic E-state index is 9.04. The molecule has 20 heavy (non-hydrogen) atoms. The smallest absolute Gasteiger partial charge is 0.189 e. The van der Waals surface area contributed by atoms with E-state index < -0.39 is 0 Å². The zero-order valence-electron chi connectivity index (χ0n) is 11.5. The molecule has 0 saturated carbocycles. The number of hydrogen-bond acceptors (Lipinski definition) is 5. The zero-order chi connectivity index (χ0) is 14.4. The highest BCUT2D eigenvalue weighted by molar-refractivity contribution is 5.33. The third-order valence-corrected chi connectivity index (χ3v) is 2.80. The van der Waals surface area contributed by atoms with E-state index in [-0.39, 0.29) is 6.61 Å². The Labute approximate surface area is 117 Å². The van der Waals surface area contributed by atoms with E-state index in [0.29, 0.717) is 23.7 Å². The van der Waals surface area contributed by atoms with Crippen molar-refractivity contribution in [1.29, 1.82) is 5.26 Å². The molecule has 0 atom stereocenters. The van der Waals surface area contributed by atoms with Crippen LogP contribution in [0.4, 0.5) is 0 Å². The average molecular weight is 272 g/mol. The number of nitrogens with zero attached hydrogens (tertiary/aromatic N) is 4. The molecule has 0 amide bonds. The van der Waals surface area contributed by atoms with Gasteiger partial charge in [-0.05, 0) is 18.6 Å². The molecule has 1 heterocycles. The van der Waals surface area contributed by atoms with Crippen molar-refractivity contribution >= 4 is 0 Å². The normalized spacial score (nSPS) is 10.1. The fourth-order valence-corrected chi connectivity index (χ4v) is 1.80. The molecule has 2 rings (SSSR count). The summed E-state index contributed by atoms with van der Waals surface area (Å²) in [7, 11) is 1.60. The van der Waals surface area contributed by atoms with E-state index in [0.717, 1.165) is 12.2 Å². The van der Waals surface area contributed by atoms with Gasteiger partial charge in [-0.1, -0.05) is 18.2 Å². The van der Waals surface area contributed by atoms with Crippen LogP contribution in [0.5, 0.6) is 11.5 Å². The Morgan fingerprint density at radius 2 is 2.15 bits per heavy atom. The van der Waals surface area contributed by atoms with Crippen LogP contribution < -0.4 is 9.47 Å². The van der Waals surface area contributed by atoms with Gasteiger partial charge in [0.2, 0.25) is 0 Å². The van der Waals surface area contributed by atoms with Crippen molar-refractivity contribution in [1.82, 2.24) is 15.0 Å². The van der Waals surface area contributed by atoms with Gasteiger partial charge in [-0.2, -0.15) is 5.26 Å². The highest BCUT2D eigenvalue weighted by Crippen LogP contribution is 2.20. The van der Waals surface area contributed by atoms with E-state index in [9.17, 15) is 0 Å². The van der Waals surface area contributed by atoms with Crippen LogP contribution in [0.25, 0.3) is 0 Å². The van der Waals surface area contributed by atoms with Crippen molar-refractivity contribution in [3.05, 3.63) is 35.7 Å². The molecule has 0 aliphatic heterocycles. The summed E-state index contributed by atoms with van der Waals surface area (Å²) in [6, 6.07) is 9.35. The van der Waals surface area contributed by atoms with Gasteiger partial charge in [0.25, 0.3) is 0 Å². The van der Waals surface area contributed by atoms with Crippen LogP contribution in [0.1, 0.15) is 24.7 Å².